The molecular weight excluding hydrogens is 303 g/mol. The third-order valence-electron chi connectivity index (χ3n) is 5.16. The number of benzene rings is 1. The molecule has 2 saturated carbocycles. The molecule has 0 heterocycles. The molecule has 1 N–H and O–H groups in total. The van der Waals surface area contributed by atoms with Gasteiger partial charge in [0.1, 0.15) is 0 Å². The Kier molecular flexibility index (Phi) is 4.39. The highest BCUT2D eigenvalue weighted by Crippen LogP contribution is 2.48. The van der Waals surface area contributed by atoms with Crippen LogP contribution in [0.4, 0.5) is 13.2 Å². The molecule has 1 amide bonds. The summed E-state index contributed by atoms with van der Waals surface area (Å²) in [6, 6.07) is 5.48. The van der Waals surface area contributed by atoms with Crippen LogP contribution in [0.2, 0.25) is 0 Å². The molecule has 126 valence electrons. The lowest BCUT2D eigenvalue weighted by Crippen LogP contribution is -2.38. The molecule has 3 rings (SSSR count). The minimum atomic E-state index is -4.31. The molecule has 0 bridgehead atoms. The standard InChI is InChI=1S/C18H22F3NO/c1-11-2-8-14(9-3-11)22-17(23)16-10-15(16)12-4-6-13(7-5-12)18(19,20)21/h4-7,11,14-16H,2-3,8-10H2,1H3,(H,22,23). The van der Waals surface area contributed by atoms with E-state index in [9.17, 15) is 18.0 Å². The van der Waals surface area contributed by atoms with Crippen LogP contribution in [0.25, 0.3) is 0 Å². The fourth-order valence-electron chi connectivity index (χ4n) is 3.49. The summed E-state index contributed by atoms with van der Waals surface area (Å²) < 4.78 is 37.7. The second kappa shape index (κ2) is 6.17. The molecule has 1 aromatic carbocycles. The molecule has 0 radical (unpaired) electrons. The second-order valence-corrected chi connectivity index (χ2v) is 7.03. The minimum absolute atomic E-state index is 0.0643. The average Bonchev–Trinajstić information content (AvgIpc) is 3.29. The highest BCUT2D eigenvalue weighted by molar-refractivity contribution is 5.83. The smallest absolute Gasteiger partial charge is 0.353 e. The first kappa shape index (κ1) is 16.3. The van der Waals surface area contributed by atoms with Crippen molar-refractivity contribution in [2.24, 2.45) is 11.8 Å². The predicted molar refractivity (Wildman–Crippen MR) is 81.9 cm³/mol. The molecule has 5 heteroatoms. The number of nitrogens with one attached hydrogen (secondary N) is 1. The quantitative estimate of drug-likeness (QED) is 0.871. The van der Waals surface area contributed by atoms with E-state index in [0.29, 0.717) is 0 Å². The van der Waals surface area contributed by atoms with Crippen LogP contribution in [0.15, 0.2) is 24.3 Å². The molecule has 2 fully saturated rings. The van der Waals surface area contributed by atoms with Crippen molar-refractivity contribution in [2.75, 3.05) is 0 Å². The zero-order valence-corrected chi connectivity index (χ0v) is 13.2. The molecule has 23 heavy (non-hydrogen) atoms. The van der Waals surface area contributed by atoms with Crippen molar-refractivity contribution >= 4 is 5.91 Å². The van der Waals surface area contributed by atoms with E-state index in [-0.39, 0.29) is 23.8 Å². The van der Waals surface area contributed by atoms with Crippen LogP contribution in [0.1, 0.15) is 56.1 Å². The minimum Gasteiger partial charge on any atom is -0.353 e. The monoisotopic (exact) mass is 325 g/mol. The third kappa shape index (κ3) is 3.88. The summed E-state index contributed by atoms with van der Waals surface area (Å²) in [5.41, 5.74) is 0.189. The number of hydrogen-bond donors (Lipinski definition) is 1. The van der Waals surface area contributed by atoms with Crippen LogP contribution in [-0.2, 0) is 11.0 Å². The largest absolute Gasteiger partial charge is 0.416 e. The summed E-state index contributed by atoms with van der Waals surface area (Å²) in [6.45, 7) is 2.24. The van der Waals surface area contributed by atoms with Crippen molar-refractivity contribution in [3.63, 3.8) is 0 Å². The van der Waals surface area contributed by atoms with Crippen molar-refractivity contribution in [2.45, 2.75) is 57.2 Å². The van der Waals surface area contributed by atoms with Gasteiger partial charge in [0.25, 0.3) is 0 Å². The van der Waals surface area contributed by atoms with Gasteiger partial charge in [-0.25, -0.2) is 0 Å². The summed E-state index contributed by atoms with van der Waals surface area (Å²) in [5.74, 6) is 0.796. The first-order valence-electron chi connectivity index (χ1n) is 8.32. The zero-order chi connectivity index (χ0) is 16.6. The first-order valence-corrected chi connectivity index (χ1v) is 8.32. The number of carbonyl (C=O) groups excluding carboxylic acids is 1. The van der Waals surface area contributed by atoms with Gasteiger partial charge in [-0.2, -0.15) is 13.2 Å². The van der Waals surface area contributed by atoms with Crippen LogP contribution < -0.4 is 5.32 Å². The maximum atomic E-state index is 12.6. The number of amides is 1. The average molecular weight is 325 g/mol. The lowest BCUT2D eigenvalue weighted by molar-refractivity contribution is -0.137. The van der Waals surface area contributed by atoms with E-state index in [1.165, 1.54) is 12.1 Å². The van der Waals surface area contributed by atoms with E-state index < -0.39 is 11.7 Å². The van der Waals surface area contributed by atoms with Crippen molar-refractivity contribution in [1.82, 2.24) is 5.32 Å². The van der Waals surface area contributed by atoms with Gasteiger partial charge >= 0.3 is 6.18 Å². The molecule has 2 aliphatic carbocycles. The van der Waals surface area contributed by atoms with Crippen molar-refractivity contribution in [3.05, 3.63) is 35.4 Å². The summed E-state index contributed by atoms with van der Waals surface area (Å²) in [4.78, 5) is 12.3. The van der Waals surface area contributed by atoms with E-state index in [2.05, 4.69) is 12.2 Å². The van der Waals surface area contributed by atoms with Gasteiger partial charge in [-0.3, -0.25) is 4.79 Å². The highest BCUT2D eigenvalue weighted by Gasteiger charge is 2.44. The first-order chi connectivity index (χ1) is 10.8. The van der Waals surface area contributed by atoms with Gasteiger partial charge in [0.2, 0.25) is 5.91 Å². The number of carbonyl (C=O) groups is 1. The molecule has 2 aliphatic rings. The van der Waals surface area contributed by atoms with Crippen LogP contribution >= 0.6 is 0 Å². The van der Waals surface area contributed by atoms with Crippen molar-refractivity contribution in [3.8, 4) is 0 Å². The van der Waals surface area contributed by atoms with Gasteiger partial charge in [-0.15, -0.1) is 0 Å². The molecule has 2 nitrogen and oxygen atoms in total. The van der Waals surface area contributed by atoms with Crippen LogP contribution in [0.3, 0.4) is 0 Å². The van der Waals surface area contributed by atoms with Gasteiger partial charge in [0.15, 0.2) is 0 Å². The topological polar surface area (TPSA) is 29.1 Å². The SMILES string of the molecule is CC1CCC(NC(=O)C2CC2c2ccc(C(F)(F)F)cc2)CC1. The summed E-state index contributed by atoms with van der Waals surface area (Å²) in [7, 11) is 0. The Morgan fingerprint density at radius 1 is 1.09 bits per heavy atom. The fraction of sp³-hybridized carbons (Fsp3) is 0.611. The summed E-state index contributed by atoms with van der Waals surface area (Å²) in [5, 5.41) is 3.12. The van der Waals surface area contributed by atoms with Gasteiger partial charge in [-0.1, -0.05) is 19.1 Å². The molecule has 0 aliphatic heterocycles. The Morgan fingerprint density at radius 3 is 2.26 bits per heavy atom. The van der Waals surface area contributed by atoms with Crippen LogP contribution in [0, 0.1) is 11.8 Å². The highest BCUT2D eigenvalue weighted by atomic mass is 19.4. The molecule has 0 aromatic heterocycles. The van der Waals surface area contributed by atoms with E-state index >= 15 is 0 Å². The molecular formula is C18H22F3NO. The van der Waals surface area contributed by atoms with E-state index in [1.54, 1.807) is 0 Å². The van der Waals surface area contributed by atoms with Gasteiger partial charge in [-0.05, 0) is 61.6 Å². The normalized spacial score (nSPS) is 30.8. The van der Waals surface area contributed by atoms with E-state index in [1.807, 2.05) is 0 Å². The maximum Gasteiger partial charge on any atom is 0.416 e. The Labute approximate surface area is 134 Å². The number of rotatable bonds is 3. The Morgan fingerprint density at radius 2 is 1.70 bits per heavy atom. The van der Waals surface area contributed by atoms with Crippen LogP contribution in [-0.4, -0.2) is 11.9 Å². The summed E-state index contributed by atoms with van der Waals surface area (Å²) >= 11 is 0. The van der Waals surface area contributed by atoms with Crippen molar-refractivity contribution < 1.29 is 18.0 Å². The molecule has 2 atom stereocenters. The maximum absolute atomic E-state index is 12.6. The summed E-state index contributed by atoms with van der Waals surface area (Å²) in [6.07, 6.45) is 0.794. The molecule has 1 aromatic rings. The van der Waals surface area contributed by atoms with Gasteiger partial charge in [0.05, 0.1) is 5.56 Å². The second-order valence-electron chi connectivity index (χ2n) is 7.03. The van der Waals surface area contributed by atoms with Gasteiger partial charge in [0, 0.05) is 12.0 Å². The van der Waals surface area contributed by atoms with Gasteiger partial charge < -0.3 is 5.32 Å². The number of hydrogen-bond acceptors (Lipinski definition) is 1. The Bertz CT molecular complexity index is 559. The van der Waals surface area contributed by atoms with E-state index in [0.717, 1.165) is 55.7 Å². The third-order valence-corrected chi connectivity index (χ3v) is 5.16. The lowest BCUT2D eigenvalue weighted by atomic mass is 9.87. The fourth-order valence-corrected chi connectivity index (χ4v) is 3.49. The molecule has 0 spiro atoms. The number of halogens is 3. The zero-order valence-electron chi connectivity index (χ0n) is 13.2. The lowest BCUT2D eigenvalue weighted by Gasteiger charge is -2.27. The molecule has 2 unspecified atom stereocenters. The van der Waals surface area contributed by atoms with Crippen molar-refractivity contribution in [1.29, 1.82) is 0 Å². The Hall–Kier alpha value is -1.52. The van der Waals surface area contributed by atoms with Crippen LogP contribution in [0.5, 0.6) is 0 Å². The predicted octanol–water partition coefficient (Wildman–Crippen LogP) is 4.50. The molecule has 0 saturated heterocycles. The Balaban J connectivity index is 1.53. The number of alkyl halides is 3. The van der Waals surface area contributed by atoms with E-state index in [4.69, 9.17) is 0 Å².